The number of phenolic OH excluding ortho intramolecular Hbond substituents is 1. The third kappa shape index (κ3) is 3.25. The molecule has 1 aromatic heterocycles. The van der Waals surface area contributed by atoms with Crippen molar-refractivity contribution in [3.05, 3.63) is 52.8 Å². The normalized spacial score (nSPS) is 10.3. The van der Waals surface area contributed by atoms with Crippen molar-refractivity contribution in [3.63, 3.8) is 0 Å². The van der Waals surface area contributed by atoms with Crippen LogP contribution in [0, 0.1) is 0 Å². The highest BCUT2D eigenvalue weighted by molar-refractivity contribution is 9.10. The van der Waals surface area contributed by atoms with E-state index in [0.29, 0.717) is 5.75 Å². The first-order valence-corrected chi connectivity index (χ1v) is 6.53. The highest BCUT2D eigenvalue weighted by Gasteiger charge is 1.98. The van der Waals surface area contributed by atoms with E-state index in [-0.39, 0.29) is 0 Å². The third-order valence-electron chi connectivity index (χ3n) is 1.98. The van der Waals surface area contributed by atoms with E-state index in [4.69, 9.17) is 0 Å². The minimum absolute atomic E-state index is 0.303. The fraction of sp³-hybridized carbons (Fsp3) is 0.0833. The number of benzene rings is 1. The minimum atomic E-state index is 0.303. The van der Waals surface area contributed by atoms with Crippen LogP contribution in [0.5, 0.6) is 5.75 Å². The predicted molar refractivity (Wildman–Crippen MR) is 69.6 cm³/mol. The SMILES string of the molecule is Oc1cccc(SCc2cncc(Br)c2)c1. The number of hydrogen-bond acceptors (Lipinski definition) is 3. The van der Waals surface area contributed by atoms with Gasteiger partial charge in [0.05, 0.1) is 0 Å². The molecule has 2 nitrogen and oxygen atoms in total. The van der Waals surface area contributed by atoms with Crippen LogP contribution < -0.4 is 0 Å². The van der Waals surface area contributed by atoms with Crippen molar-refractivity contribution in [1.29, 1.82) is 0 Å². The maximum atomic E-state index is 9.32. The van der Waals surface area contributed by atoms with Gasteiger partial charge in [-0.25, -0.2) is 0 Å². The van der Waals surface area contributed by atoms with Crippen molar-refractivity contribution in [2.45, 2.75) is 10.6 Å². The average Bonchev–Trinajstić information content (AvgIpc) is 2.27. The monoisotopic (exact) mass is 295 g/mol. The summed E-state index contributed by atoms with van der Waals surface area (Å²) in [6.45, 7) is 0. The number of thioether (sulfide) groups is 1. The number of phenols is 1. The van der Waals surface area contributed by atoms with Gasteiger partial charge in [-0.3, -0.25) is 4.98 Å². The Balaban J connectivity index is 2.02. The number of rotatable bonds is 3. The Labute approximate surface area is 107 Å². The van der Waals surface area contributed by atoms with Gasteiger partial charge in [-0.05, 0) is 45.8 Å². The second-order valence-electron chi connectivity index (χ2n) is 3.30. The Kier molecular flexibility index (Phi) is 3.85. The lowest BCUT2D eigenvalue weighted by Gasteiger charge is -2.02. The number of pyridine rings is 1. The molecule has 1 N–H and O–H groups in total. The zero-order valence-electron chi connectivity index (χ0n) is 8.43. The molecule has 0 unspecified atom stereocenters. The molecule has 0 aliphatic carbocycles. The van der Waals surface area contributed by atoms with Crippen molar-refractivity contribution in [2.75, 3.05) is 0 Å². The molecule has 1 heterocycles. The van der Waals surface area contributed by atoms with E-state index >= 15 is 0 Å². The van der Waals surface area contributed by atoms with Crippen molar-refractivity contribution < 1.29 is 5.11 Å². The van der Waals surface area contributed by atoms with Crippen LogP contribution in [0.25, 0.3) is 0 Å². The van der Waals surface area contributed by atoms with Crippen LogP contribution in [0.1, 0.15) is 5.56 Å². The van der Waals surface area contributed by atoms with Gasteiger partial charge >= 0.3 is 0 Å². The molecule has 0 radical (unpaired) electrons. The highest BCUT2D eigenvalue weighted by atomic mass is 79.9. The van der Waals surface area contributed by atoms with Crippen molar-refractivity contribution >= 4 is 27.7 Å². The molecule has 0 aliphatic rings. The van der Waals surface area contributed by atoms with Gasteiger partial charge in [-0.1, -0.05) is 6.07 Å². The van der Waals surface area contributed by atoms with Crippen LogP contribution in [0.15, 0.2) is 52.1 Å². The van der Waals surface area contributed by atoms with Gasteiger partial charge in [0.2, 0.25) is 0 Å². The van der Waals surface area contributed by atoms with Gasteiger partial charge in [0.25, 0.3) is 0 Å². The smallest absolute Gasteiger partial charge is 0.116 e. The van der Waals surface area contributed by atoms with Gasteiger partial charge < -0.3 is 5.11 Å². The van der Waals surface area contributed by atoms with Gasteiger partial charge in [0, 0.05) is 27.5 Å². The maximum absolute atomic E-state index is 9.32. The van der Waals surface area contributed by atoms with Crippen molar-refractivity contribution in [1.82, 2.24) is 4.98 Å². The molecule has 0 bridgehead atoms. The van der Waals surface area contributed by atoms with E-state index in [9.17, 15) is 5.11 Å². The summed E-state index contributed by atoms with van der Waals surface area (Å²) < 4.78 is 0.988. The van der Waals surface area contributed by atoms with E-state index in [1.54, 1.807) is 30.1 Å². The third-order valence-corrected chi connectivity index (χ3v) is 3.48. The maximum Gasteiger partial charge on any atom is 0.116 e. The van der Waals surface area contributed by atoms with E-state index in [1.807, 2.05) is 24.4 Å². The summed E-state index contributed by atoms with van der Waals surface area (Å²) >= 11 is 5.06. The predicted octanol–water partition coefficient (Wildman–Crippen LogP) is 3.84. The summed E-state index contributed by atoms with van der Waals surface area (Å²) in [5, 5.41) is 9.32. The molecular formula is C12H10BrNOS. The molecular weight excluding hydrogens is 286 g/mol. The minimum Gasteiger partial charge on any atom is -0.508 e. The van der Waals surface area contributed by atoms with Crippen molar-refractivity contribution in [3.8, 4) is 5.75 Å². The molecule has 0 amide bonds. The lowest BCUT2D eigenvalue weighted by molar-refractivity contribution is 0.474. The zero-order valence-corrected chi connectivity index (χ0v) is 10.8. The van der Waals surface area contributed by atoms with Gasteiger partial charge in [-0.15, -0.1) is 11.8 Å². The molecule has 0 aliphatic heterocycles. The summed E-state index contributed by atoms with van der Waals surface area (Å²) in [7, 11) is 0. The lowest BCUT2D eigenvalue weighted by Crippen LogP contribution is -1.82. The van der Waals surface area contributed by atoms with E-state index in [0.717, 1.165) is 20.7 Å². The Morgan fingerprint density at radius 3 is 2.88 bits per heavy atom. The molecule has 1 aromatic carbocycles. The quantitative estimate of drug-likeness (QED) is 0.874. The Morgan fingerprint density at radius 2 is 2.12 bits per heavy atom. The molecule has 2 rings (SSSR count). The number of nitrogens with zero attached hydrogens (tertiary/aromatic N) is 1. The molecule has 0 spiro atoms. The summed E-state index contributed by atoms with van der Waals surface area (Å²) in [5.41, 5.74) is 1.16. The average molecular weight is 296 g/mol. The van der Waals surface area contributed by atoms with Crippen LogP contribution in [0.4, 0.5) is 0 Å². The van der Waals surface area contributed by atoms with Gasteiger partial charge in [0.15, 0.2) is 0 Å². The largest absolute Gasteiger partial charge is 0.508 e. The molecule has 16 heavy (non-hydrogen) atoms. The molecule has 0 fully saturated rings. The molecule has 0 atom stereocenters. The first-order chi connectivity index (χ1) is 7.74. The van der Waals surface area contributed by atoms with E-state index < -0.39 is 0 Å². The summed E-state index contributed by atoms with van der Waals surface area (Å²) in [4.78, 5) is 5.16. The topological polar surface area (TPSA) is 33.1 Å². The van der Waals surface area contributed by atoms with Crippen LogP contribution in [0.3, 0.4) is 0 Å². The Hall–Kier alpha value is -1.00. The van der Waals surface area contributed by atoms with Crippen LogP contribution in [-0.2, 0) is 5.75 Å². The molecule has 0 saturated heterocycles. The fourth-order valence-corrected chi connectivity index (χ4v) is 2.56. The Bertz CT molecular complexity index is 444. The van der Waals surface area contributed by atoms with Gasteiger partial charge in [0.1, 0.15) is 5.75 Å². The van der Waals surface area contributed by atoms with Crippen LogP contribution in [-0.4, -0.2) is 10.1 Å². The number of aromatic nitrogens is 1. The van der Waals surface area contributed by atoms with E-state index in [1.165, 1.54) is 0 Å². The number of aromatic hydroxyl groups is 1. The van der Waals surface area contributed by atoms with Crippen LogP contribution >= 0.6 is 27.7 Å². The molecule has 4 heteroatoms. The summed E-state index contributed by atoms with van der Waals surface area (Å²) in [5.74, 6) is 1.15. The first-order valence-electron chi connectivity index (χ1n) is 4.75. The second kappa shape index (κ2) is 5.37. The Morgan fingerprint density at radius 1 is 1.25 bits per heavy atom. The molecule has 82 valence electrons. The molecule has 2 aromatic rings. The van der Waals surface area contributed by atoms with E-state index in [2.05, 4.69) is 20.9 Å². The fourth-order valence-electron chi connectivity index (χ4n) is 1.27. The summed E-state index contributed by atoms with van der Waals surface area (Å²) in [6.07, 6.45) is 3.61. The second-order valence-corrected chi connectivity index (χ2v) is 5.26. The van der Waals surface area contributed by atoms with Gasteiger partial charge in [-0.2, -0.15) is 0 Å². The van der Waals surface area contributed by atoms with Crippen molar-refractivity contribution in [2.24, 2.45) is 0 Å². The zero-order chi connectivity index (χ0) is 11.4. The molecule has 0 saturated carbocycles. The standard InChI is InChI=1S/C12H10BrNOS/c13-10-4-9(6-14-7-10)8-16-12-3-1-2-11(15)5-12/h1-7,15H,8H2. The first kappa shape index (κ1) is 11.5. The highest BCUT2D eigenvalue weighted by Crippen LogP contribution is 2.25. The summed E-state index contributed by atoms with van der Waals surface area (Å²) in [6, 6.07) is 9.30. The van der Waals surface area contributed by atoms with Crippen LogP contribution in [0.2, 0.25) is 0 Å². The number of hydrogen-bond donors (Lipinski definition) is 1. The number of halogens is 1. The lowest BCUT2D eigenvalue weighted by atomic mass is 10.3.